The molecule has 174 valence electrons. The van der Waals surface area contributed by atoms with Crippen molar-refractivity contribution in [2.45, 2.75) is 38.0 Å². The van der Waals surface area contributed by atoms with E-state index in [1.54, 1.807) is 24.3 Å². The van der Waals surface area contributed by atoms with Crippen molar-refractivity contribution in [3.05, 3.63) is 70.8 Å². The number of amides is 2. The van der Waals surface area contributed by atoms with Gasteiger partial charge < -0.3 is 9.64 Å². The molecule has 0 radical (unpaired) electrons. The maximum atomic E-state index is 14.0. The first kappa shape index (κ1) is 21.6. The van der Waals surface area contributed by atoms with Gasteiger partial charge in [0.15, 0.2) is 5.78 Å². The zero-order chi connectivity index (χ0) is 23.6. The second-order valence-electron chi connectivity index (χ2n) is 9.53. The van der Waals surface area contributed by atoms with E-state index >= 15 is 0 Å². The third kappa shape index (κ3) is 3.08. The molecule has 0 spiro atoms. The molecule has 5 atom stereocenters. The Hall–Kier alpha value is -2.96. The molecule has 0 N–H and O–H groups in total. The summed E-state index contributed by atoms with van der Waals surface area (Å²) in [5, 5.41) is 0.345. The van der Waals surface area contributed by atoms with Crippen LogP contribution in [0.2, 0.25) is 5.02 Å². The summed E-state index contributed by atoms with van der Waals surface area (Å²) in [4.78, 5) is 44.8. The molecular weight excluding hydrogens is 452 g/mol. The Labute approximate surface area is 203 Å². The number of hydrogen-bond acceptors (Lipinski definition) is 5. The monoisotopic (exact) mass is 476 g/mol. The molecule has 34 heavy (non-hydrogen) atoms. The van der Waals surface area contributed by atoms with Gasteiger partial charge in [-0.2, -0.15) is 0 Å². The van der Waals surface area contributed by atoms with E-state index in [2.05, 4.69) is 0 Å². The van der Waals surface area contributed by atoms with Gasteiger partial charge >= 0.3 is 0 Å². The number of ketones is 1. The fraction of sp³-hybridized carbons (Fsp3) is 0.370. The van der Waals surface area contributed by atoms with E-state index < -0.39 is 17.9 Å². The number of imide groups is 1. The molecule has 4 heterocycles. The van der Waals surface area contributed by atoms with Crippen LogP contribution in [-0.2, 0) is 14.3 Å². The zero-order valence-electron chi connectivity index (χ0n) is 18.8. The van der Waals surface area contributed by atoms with E-state index in [4.69, 9.17) is 16.3 Å². The number of carbonyl (C=O) groups is 3. The zero-order valence-corrected chi connectivity index (χ0v) is 19.6. The maximum absolute atomic E-state index is 14.0. The van der Waals surface area contributed by atoms with E-state index in [9.17, 15) is 14.4 Å². The molecule has 3 saturated heterocycles. The van der Waals surface area contributed by atoms with Gasteiger partial charge in [-0.15, -0.1) is 0 Å². The molecule has 0 aliphatic carbocycles. The van der Waals surface area contributed by atoms with Gasteiger partial charge in [-0.05, 0) is 43.5 Å². The number of hydrogen-bond donors (Lipinski definition) is 0. The van der Waals surface area contributed by atoms with Crippen LogP contribution in [0.15, 0.2) is 54.6 Å². The Morgan fingerprint density at radius 2 is 1.79 bits per heavy atom. The molecule has 2 aromatic rings. The lowest BCUT2D eigenvalue weighted by atomic mass is 9.85. The second-order valence-corrected chi connectivity index (χ2v) is 9.93. The predicted molar refractivity (Wildman–Crippen MR) is 129 cm³/mol. The van der Waals surface area contributed by atoms with Gasteiger partial charge in [-0.1, -0.05) is 48.0 Å². The fourth-order valence-corrected chi connectivity index (χ4v) is 6.38. The van der Waals surface area contributed by atoms with Crippen LogP contribution in [0.4, 0.5) is 5.69 Å². The van der Waals surface area contributed by atoms with Crippen molar-refractivity contribution in [1.82, 2.24) is 4.90 Å². The van der Waals surface area contributed by atoms with Crippen LogP contribution in [0.1, 0.15) is 35.7 Å². The smallest absolute Gasteiger partial charge is 0.235 e. The summed E-state index contributed by atoms with van der Waals surface area (Å²) >= 11 is 6.42. The summed E-state index contributed by atoms with van der Waals surface area (Å²) in [7, 11) is 0. The molecule has 4 aliphatic rings. The van der Waals surface area contributed by atoms with Gasteiger partial charge in [-0.3, -0.25) is 19.3 Å². The van der Waals surface area contributed by atoms with Crippen LogP contribution in [0.3, 0.4) is 0 Å². The summed E-state index contributed by atoms with van der Waals surface area (Å²) in [6, 6.07) is 13.6. The minimum atomic E-state index is -0.814. The molecule has 0 unspecified atom stereocenters. The van der Waals surface area contributed by atoms with Crippen molar-refractivity contribution in [3.63, 3.8) is 0 Å². The minimum absolute atomic E-state index is 0.134. The van der Waals surface area contributed by atoms with Crippen LogP contribution in [-0.4, -0.2) is 53.8 Å². The third-order valence-electron chi connectivity index (χ3n) is 7.66. The van der Waals surface area contributed by atoms with E-state index in [-0.39, 0.29) is 36.3 Å². The largest absolute Gasteiger partial charge is 0.376 e. The Morgan fingerprint density at radius 3 is 2.56 bits per heavy atom. The Morgan fingerprint density at radius 1 is 1.06 bits per heavy atom. The van der Waals surface area contributed by atoms with Crippen molar-refractivity contribution < 1.29 is 19.1 Å². The number of rotatable bonds is 4. The highest BCUT2D eigenvalue weighted by atomic mass is 35.5. The van der Waals surface area contributed by atoms with Crippen LogP contribution in [0.25, 0.3) is 5.57 Å². The molecule has 7 heteroatoms. The van der Waals surface area contributed by atoms with Crippen molar-refractivity contribution in [2.75, 3.05) is 18.1 Å². The van der Waals surface area contributed by atoms with Gasteiger partial charge in [0.2, 0.25) is 11.8 Å². The van der Waals surface area contributed by atoms with Crippen molar-refractivity contribution >= 4 is 40.5 Å². The number of allylic oxidation sites excluding steroid dienone is 1. The Balaban J connectivity index is 1.47. The third-order valence-corrected chi connectivity index (χ3v) is 7.99. The SMILES string of the molecule is CC1=C[C@H]2[C@@H]3C(=O)N(C[C@H]4CCCO4)C(=O)[C@H]3[C@@H](C(=O)c3ccccc3Cl)N2c2ccccc21. The number of anilines is 1. The molecule has 2 aromatic carbocycles. The highest BCUT2D eigenvalue weighted by Crippen LogP contribution is 2.50. The molecule has 6 nitrogen and oxygen atoms in total. The molecular formula is C27H25ClN2O4. The number of nitrogens with zero attached hydrogens (tertiary/aromatic N) is 2. The molecule has 0 saturated carbocycles. The number of ether oxygens (including phenoxy) is 1. The van der Waals surface area contributed by atoms with Crippen LogP contribution >= 0.6 is 11.6 Å². The fourth-order valence-electron chi connectivity index (χ4n) is 6.15. The van der Waals surface area contributed by atoms with E-state index in [0.29, 0.717) is 17.2 Å². The molecule has 0 aromatic heterocycles. The lowest BCUT2D eigenvalue weighted by molar-refractivity contribution is -0.142. The predicted octanol–water partition coefficient (Wildman–Crippen LogP) is 3.98. The molecule has 0 bridgehead atoms. The van der Waals surface area contributed by atoms with Crippen molar-refractivity contribution in [2.24, 2.45) is 11.8 Å². The van der Waals surface area contributed by atoms with Gasteiger partial charge in [0.05, 0.1) is 35.5 Å². The Bertz CT molecular complexity index is 1230. The average Bonchev–Trinajstić information content (AvgIpc) is 3.53. The lowest BCUT2D eigenvalue weighted by Crippen LogP contribution is -2.50. The lowest BCUT2D eigenvalue weighted by Gasteiger charge is -2.38. The van der Waals surface area contributed by atoms with Gasteiger partial charge in [0.1, 0.15) is 6.04 Å². The number of benzene rings is 2. The molecule has 4 aliphatic heterocycles. The maximum Gasteiger partial charge on any atom is 0.235 e. The van der Waals surface area contributed by atoms with Gasteiger partial charge in [-0.25, -0.2) is 0 Å². The normalized spacial score (nSPS) is 29.7. The quantitative estimate of drug-likeness (QED) is 0.493. The standard InChI is InChI=1S/C27H25ClN2O4/c1-15-13-21-22-23(27(33)29(26(22)32)14-16-7-6-12-34-16)24(25(31)18-9-2-4-10-19(18)28)30(21)20-11-5-3-8-17(15)20/h2-5,8-11,13,16,21-24H,6-7,12,14H2,1H3/t16-,21+,22+,23-,24+/m1/s1. The van der Waals surface area contributed by atoms with E-state index in [1.807, 2.05) is 42.2 Å². The first-order chi connectivity index (χ1) is 16.5. The topological polar surface area (TPSA) is 66.9 Å². The van der Waals surface area contributed by atoms with Crippen LogP contribution in [0, 0.1) is 11.8 Å². The average molecular weight is 477 g/mol. The highest BCUT2D eigenvalue weighted by Gasteiger charge is 2.64. The number of para-hydroxylation sites is 1. The number of halogens is 1. The second kappa shape index (κ2) is 8.07. The Kier molecular flexibility index (Phi) is 5.12. The summed E-state index contributed by atoms with van der Waals surface area (Å²) in [6.07, 6.45) is 3.66. The van der Waals surface area contributed by atoms with Gasteiger partial charge in [0.25, 0.3) is 0 Å². The minimum Gasteiger partial charge on any atom is -0.376 e. The summed E-state index contributed by atoms with van der Waals surface area (Å²) in [5.41, 5.74) is 3.29. The van der Waals surface area contributed by atoms with Crippen LogP contribution in [0.5, 0.6) is 0 Å². The summed E-state index contributed by atoms with van der Waals surface area (Å²) < 4.78 is 5.71. The first-order valence-corrected chi connectivity index (χ1v) is 12.2. The molecule has 3 fully saturated rings. The first-order valence-electron chi connectivity index (χ1n) is 11.8. The number of carbonyl (C=O) groups excluding carboxylic acids is 3. The van der Waals surface area contributed by atoms with E-state index in [1.165, 1.54) is 4.90 Å². The number of Topliss-reactive ketones (excluding diaryl/α,β-unsaturated/α-hetero) is 1. The van der Waals surface area contributed by atoms with Crippen LogP contribution < -0.4 is 4.90 Å². The summed E-state index contributed by atoms with van der Waals surface area (Å²) in [6.45, 7) is 2.92. The number of likely N-dealkylation sites (tertiary alicyclic amines) is 1. The van der Waals surface area contributed by atoms with Gasteiger partial charge in [0, 0.05) is 23.4 Å². The van der Waals surface area contributed by atoms with Crippen molar-refractivity contribution in [3.8, 4) is 0 Å². The summed E-state index contributed by atoms with van der Waals surface area (Å²) in [5.74, 6) is -2.11. The van der Waals surface area contributed by atoms with E-state index in [0.717, 1.165) is 29.7 Å². The molecule has 6 rings (SSSR count). The number of fused-ring (bicyclic) bond motifs is 5. The van der Waals surface area contributed by atoms with Crippen molar-refractivity contribution in [1.29, 1.82) is 0 Å². The highest BCUT2D eigenvalue weighted by molar-refractivity contribution is 6.34. The molecule has 2 amide bonds.